The third kappa shape index (κ3) is 5.57. The highest BCUT2D eigenvalue weighted by Crippen LogP contribution is 2.30. The number of amides is 1. The predicted molar refractivity (Wildman–Crippen MR) is 138 cm³/mol. The summed E-state index contributed by atoms with van der Waals surface area (Å²) in [6, 6.07) is 7.90. The first-order valence-corrected chi connectivity index (χ1v) is 13.5. The molecule has 0 bridgehead atoms. The molecule has 3 heterocycles. The summed E-state index contributed by atoms with van der Waals surface area (Å²) in [6.45, 7) is 8.66. The zero-order chi connectivity index (χ0) is 25.9. The van der Waals surface area contributed by atoms with E-state index in [2.05, 4.69) is 27.6 Å². The number of piperidine rings is 1. The maximum atomic E-state index is 13.6. The molecule has 0 radical (unpaired) electrons. The van der Waals surface area contributed by atoms with Gasteiger partial charge in [0.15, 0.2) is 10.7 Å². The number of hydrogen-bond acceptors (Lipinski definition) is 6. The van der Waals surface area contributed by atoms with Gasteiger partial charge < -0.3 is 9.84 Å². The van der Waals surface area contributed by atoms with Gasteiger partial charge in [-0.15, -0.1) is 0 Å². The van der Waals surface area contributed by atoms with E-state index in [4.69, 9.17) is 4.52 Å². The number of nitrogens with zero attached hydrogens (tertiary/aromatic N) is 3. The second kappa shape index (κ2) is 10.8. The maximum Gasteiger partial charge on any atom is 0.248 e. The Hall–Kier alpha value is -3.30. The molecule has 1 aromatic carbocycles. The highest BCUT2D eigenvalue weighted by atomic mass is 32.2. The Morgan fingerprint density at radius 3 is 2.47 bits per heavy atom. The number of pyridine rings is 1. The quantitative estimate of drug-likeness (QED) is 0.513. The van der Waals surface area contributed by atoms with E-state index in [1.807, 2.05) is 39.0 Å². The Bertz CT molecular complexity index is 1350. The zero-order valence-electron chi connectivity index (χ0n) is 21.1. The number of aryl methyl sites for hydroxylation is 4. The molecule has 1 aliphatic rings. The van der Waals surface area contributed by atoms with Crippen LogP contribution in [0.15, 0.2) is 46.1 Å². The molecule has 3 aromatic rings. The van der Waals surface area contributed by atoms with Crippen molar-refractivity contribution in [2.45, 2.75) is 52.0 Å². The zero-order valence-corrected chi connectivity index (χ0v) is 21.9. The maximum absolute atomic E-state index is 13.6. The number of rotatable bonds is 7. The van der Waals surface area contributed by atoms with Gasteiger partial charge in [-0.2, -0.15) is 4.31 Å². The van der Waals surface area contributed by atoms with Crippen molar-refractivity contribution in [1.29, 1.82) is 0 Å². The van der Waals surface area contributed by atoms with Crippen molar-refractivity contribution in [1.82, 2.24) is 19.8 Å². The average molecular weight is 509 g/mol. The molecule has 1 aliphatic heterocycles. The first-order chi connectivity index (χ1) is 17.2. The molecule has 0 atom stereocenters. The van der Waals surface area contributed by atoms with Crippen molar-refractivity contribution in [3.05, 3.63) is 75.9 Å². The molecule has 190 valence electrons. The lowest BCUT2D eigenvalue weighted by Crippen LogP contribution is -2.43. The molecule has 36 heavy (non-hydrogen) atoms. The third-order valence-corrected chi connectivity index (χ3v) is 8.64. The second-order valence-corrected chi connectivity index (χ2v) is 11.2. The van der Waals surface area contributed by atoms with Crippen molar-refractivity contribution in [3.8, 4) is 0 Å². The van der Waals surface area contributed by atoms with E-state index >= 15 is 0 Å². The van der Waals surface area contributed by atoms with Crippen LogP contribution in [0.1, 0.15) is 52.1 Å². The van der Waals surface area contributed by atoms with Gasteiger partial charge in [-0.05, 0) is 74.9 Å². The molecular weight excluding hydrogens is 476 g/mol. The number of hydrogen-bond donors (Lipinski definition) is 1. The number of aromatic nitrogens is 2. The fourth-order valence-corrected chi connectivity index (χ4v) is 6.46. The van der Waals surface area contributed by atoms with E-state index in [1.54, 1.807) is 25.4 Å². The summed E-state index contributed by atoms with van der Waals surface area (Å²) < 4.78 is 34.0. The first-order valence-electron chi connectivity index (χ1n) is 12.1. The number of carbonyl (C=O) groups is 1. The average Bonchev–Trinajstić information content (AvgIpc) is 3.23. The highest BCUT2D eigenvalue weighted by Gasteiger charge is 2.35. The van der Waals surface area contributed by atoms with Crippen LogP contribution in [0.25, 0.3) is 12.2 Å². The van der Waals surface area contributed by atoms with E-state index in [9.17, 15) is 13.2 Å². The van der Waals surface area contributed by atoms with Crippen LogP contribution >= 0.6 is 0 Å². The predicted octanol–water partition coefficient (Wildman–Crippen LogP) is 4.19. The van der Waals surface area contributed by atoms with Gasteiger partial charge in [0.1, 0.15) is 5.69 Å². The summed E-state index contributed by atoms with van der Waals surface area (Å²) in [5.41, 5.74) is 5.65. The molecular formula is C27H32N4O4S. The Kier molecular flexibility index (Phi) is 7.70. The Balaban J connectivity index is 1.45. The number of sulfonamides is 1. The van der Waals surface area contributed by atoms with Crippen molar-refractivity contribution in [3.63, 3.8) is 0 Å². The van der Waals surface area contributed by atoms with Gasteiger partial charge in [0.2, 0.25) is 15.9 Å². The van der Waals surface area contributed by atoms with Crippen LogP contribution < -0.4 is 5.32 Å². The van der Waals surface area contributed by atoms with Gasteiger partial charge in [0, 0.05) is 37.9 Å². The van der Waals surface area contributed by atoms with E-state index in [0.717, 1.165) is 22.3 Å². The normalized spacial score (nSPS) is 15.4. The molecule has 0 spiro atoms. The van der Waals surface area contributed by atoms with E-state index in [0.29, 0.717) is 25.1 Å². The summed E-state index contributed by atoms with van der Waals surface area (Å²) in [5, 5.41) is 6.88. The largest absolute Gasteiger partial charge is 0.355 e. The van der Waals surface area contributed by atoms with Crippen LogP contribution in [-0.2, 0) is 21.4 Å². The monoisotopic (exact) mass is 508 g/mol. The van der Waals surface area contributed by atoms with Crippen LogP contribution in [0.4, 0.5) is 0 Å². The fourth-order valence-electron chi connectivity index (χ4n) is 4.74. The molecule has 1 saturated heterocycles. The molecule has 9 heteroatoms. The van der Waals surface area contributed by atoms with Gasteiger partial charge in [-0.3, -0.25) is 9.78 Å². The van der Waals surface area contributed by atoms with Crippen LogP contribution in [0, 0.1) is 33.6 Å². The molecule has 0 aliphatic carbocycles. The lowest BCUT2D eigenvalue weighted by atomic mass is 9.97. The number of carbonyl (C=O) groups excluding carboxylic acids is 1. The van der Waals surface area contributed by atoms with Crippen molar-refractivity contribution < 1.29 is 17.7 Å². The SMILES string of the molecule is Cc1cc(C)c(/C=C/c2onc(C)c2S(=O)(=O)N2CCC(C(=O)NCc3cccnc3)CC2)c(C)c1. The summed E-state index contributed by atoms with van der Waals surface area (Å²) in [4.78, 5) is 16.8. The molecule has 2 aromatic heterocycles. The Labute approximate surface area is 212 Å². The molecule has 1 amide bonds. The molecule has 0 saturated carbocycles. The van der Waals surface area contributed by atoms with E-state index < -0.39 is 10.0 Å². The van der Waals surface area contributed by atoms with Gasteiger partial charge >= 0.3 is 0 Å². The number of nitrogens with one attached hydrogen (secondary N) is 1. The smallest absolute Gasteiger partial charge is 0.248 e. The van der Waals surface area contributed by atoms with Crippen LogP contribution in [0.5, 0.6) is 0 Å². The summed E-state index contributed by atoms with van der Waals surface area (Å²) in [6.07, 6.45) is 7.86. The standard InChI is InChI=1S/C27H32N4O4S/c1-18-14-19(2)24(20(3)15-18)7-8-25-26(21(4)30-35-25)36(33,34)31-12-9-23(10-13-31)27(32)29-17-22-6-5-11-28-16-22/h5-8,11,14-16,23H,9-10,12-13,17H2,1-4H3,(H,29,32)/b8-7+. The molecule has 1 N–H and O–H groups in total. The van der Waals surface area contributed by atoms with Gasteiger partial charge in [0.25, 0.3) is 0 Å². The summed E-state index contributed by atoms with van der Waals surface area (Å²) >= 11 is 0. The topological polar surface area (TPSA) is 105 Å². The van der Waals surface area contributed by atoms with Crippen molar-refractivity contribution >= 4 is 28.1 Å². The van der Waals surface area contributed by atoms with E-state index in [1.165, 1.54) is 9.87 Å². The van der Waals surface area contributed by atoms with Crippen LogP contribution in [-0.4, -0.2) is 41.9 Å². The van der Waals surface area contributed by atoms with Gasteiger partial charge in [-0.25, -0.2) is 8.42 Å². The second-order valence-electron chi connectivity index (χ2n) is 9.36. The fraction of sp³-hybridized carbons (Fsp3) is 0.370. The molecule has 8 nitrogen and oxygen atoms in total. The minimum Gasteiger partial charge on any atom is -0.355 e. The molecule has 4 rings (SSSR count). The Morgan fingerprint density at radius 2 is 1.83 bits per heavy atom. The summed E-state index contributed by atoms with van der Waals surface area (Å²) in [7, 11) is -3.83. The Morgan fingerprint density at radius 1 is 1.14 bits per heavy atom. The molecule has 1 fully saturated rings. The van der Waals surface area contributed by atoms with Gasteiger partial charge in [-0.1, -0.05) is 35.0 Å². The minimum absolute atomic E-state index is 0.0653. The number of benzene rings is 1. The highest BCUT2D eigenvalue weighted by molar-refractivity contribution is 7.89. The van der Waals surface area contributed by atoms with Gasteiger partial charge in [0.05, 0.1) is 0 Å². The van der Waals surface area contributed by atoms with E-state index in [-0.39, 0.29) is 35.6 Å². The van der Waals surface area contributed by atoms with Crippen LogP contribution in [0.3, 0.4) is 0 Å². The summed E-state index contributed by atoms with van der Waals surface area (Å²) in [5.74, 6) is -0.0868. The van der Waals surface area contributed by atoms with Crippen molar-refractivity contribution in [2.24, 2.45) is 5.92 Å². The first kappa shape index (κ1) is 25.8. The minimum atomic E-state index is -3.83. The van der Waals surface area contributed by atoms with Crippen LogP contribution in [0.2, 0.25) is 0 Å². The lowest BCUT2D eigenvalue weighted by Gasteiger charge is -2.30. The lowest BCUT2D eigenvalue weighted by molar-refractivity contribution is -0.126. The van der Waals surface area contributed by atoms with Crippen molar-refractivity contribution in [2.75, 3.05) is 13.1 Å². The molecule has 0 unspecified atom stereocenters. The third-order valence-electron chi connectivity index (χ3n) is 6.58.